The quantitative estimate of drug-likeness (QED) is 0.228. The van der Waals surface area contributed by atoms with Gasteiger partial charge in [0, 0.05) is 16.7 Å². The van der Waals surface area contributed by atoms with Crippen LogP contribution in [-0.4, -0.2) is 27.2 Å². The molecule has 0 aliphatic carbocycles. The van der Waals surface area contributed by atoms with E-state index < -0.39 is 5.97 Å². The number of hydrogen-bond acceptors (Lipinski definition) is 4. The third kappa shape index (κ3) is 5.29. The first-order valence-electron chi connectivity index (χ1n) is 11.9. The molecule has 1 aromatic heterocycles. The molecule has 0 unspecified atom stereocenters. The van der Waals surface area contributed by atoms with Gasteiger partial charge in [0.05, 0.1) is 29.7 Å². The van der Waals surface area contributed by atoms with Crippen LogP contribution in [0.5, 0.6) is 11.8 Å². The highest BCUT2D eigenvalue weighted by Crippen LogP contribution is 2.31. The maximum Gasteiger partial charge on any atom is 0.336 e. The minimum absolute atomic E-state index is 0.132. The van der Waals surface area contributed by atoms with Gasteiger partial charge in [-0.05, 0) is 47.9 Å². The molecule has 1 N–H and O–H groups in total. The average molecular weight is 513 g/mol. The van der Waals surface area contributed by atoms with E-state index in [0.29, 0.717) is 35.5 Å². The summed E-state index contributed by atoms with van der Waals surface area (Å²) in [7, 11) is 0. The van der Waals surface area contributed by atoms with E-state index in [0.717, 1.165) is 27.7 Å². The first-order valence-corrected chi connectivity index (χ1v) is 12.3. The van der Waals surface area contributed by atoms with Crippen LogP contribution in [0.3, 0.4) is 0 Å². The first kappa shape index (κ1) is 24.4. The zero-order chi connectivity index (χ0) is 25.8. The Bertz CT molecular complexity index is 1560. The minimum atomic E-state index is -0.982. The van der Waals surface area contributed by atoms with Crippen molar-refractivity contribution in [1.82, 2.24) is 9.55 Å². The highest BCUT2D eigenvalue weighted by atomic mass is 35.5. The number of aromatic carboxylic acids is 1. The van der Waals surface area contributed by atoms with Gasteiger partial charge in [0.15, 0.2) is 0 Å². The van der Waals surface area contributed by atoms with E-state index in [1.165, 1.54) is 0 Å². The van der Waals surface area contributed by atoms with Crippen LogP contribution in [0.15, 0.2) is 91.0 Å². The highest BCUT2D eigenvalue weighted by Gasteiger charge is 2.16. The molecule has 0 spiro atoms. The van der Waals surface area contributed by atoms with E-state index in [2.05, 4.69) is 23.2 Å². The van der Waals surface area contributed by atoms with Crippen LogP contribution < -0.4 is 9.47 Å². The number of ether oxygens (including phenoxy) is 2. The first-order chi connectivity index (χ1) is 18.0. The summed E-state index contributed by atoms with van der Waals surface area (Å²) in [6.45, 7) is 2.98. The van der Waals surface area contributed by atoms with E-state index in [1.54, 1.807) is 24.3 Å². The molecule has 0 bridgehead atoms. The maximum absolute atomic E-state index is 11.5. The van der Waals surface area contributed by atoms with E-state index in [-0.39, 0.29) is 12.2 Å². The van der Waals surface area contributed by atoms with Gasteiger partial charge in [-0.15, -0.1) is 0 Å². The normalized spacial score (nSPS) is 11.0. The molecule has 0 saturated carbocycles. The van der Waals surface area contributed by atoms with Gasteiger partial charge in [-0.1, -0.05) is 72.3 Å². The van der Waals surface area contributed by atoms with Gasteiger partial charge in [0.2, 0.25) is 0 Å². The van der Waals surface area contributed by atoms with E-state index in [4.69, 9.17) is 21.1 Å². The monoisotopic (exact) mass is 512 g/mol. The molecule has 7 heteroatoms. The van der Waals surface area contributed by atoms with Crippen molar-refractivity contribution in [3.63, 3.8) is 0 Å². The van der Waals surface area contributed by atoms with E-state index >= 15 is 0 Å². The lowest BCUT2D eigenvalue weighted by Crippen LogP contribution is -2.06. The largest absolute Gasteiger partial charge is 0.489 e. The fourth-order valence-corrected chi connectivity index (χ4v) is 4.47. The Labute approximate surface area is 219 Å². The molecule has 5 aromatic rings. The molecule has 0 amide bonds. The van der Waals surface area contributed by atoms with Crippen LogP contribution >= 0.6 is 11.6 Å². The van der Waals surface area contributed by atoms with Crippen molar-refractivity contribution in [3.05, 3.63) is 113 Å². The van der Waals surface area contributed by atoms with Crippen molar-refractivity contribution in [1.29, 1.82) is 0 Å². The Kier molecular flexibility index (Phi) is 7.10. The zero-order valence-electron chi connectivity index (χ0n) is 20.2. The SMILES string of the molecule is CCOc1nc2ccc(OCc3ccccc3C(=O)O)cc2n1Cc1ccc(-c2ccccc2)cc1Cl. The number of rotatable bonds is 9. The highest BCUT2D eigenvalue weighted by molar-refractivity contribution is 6.31. The summed E-state index contributed by atoms with van der Waals surface area (Å²) < 4.78 is 13.8. The molecule has 4 aromatic carbocycles. The Hall–Kier alpha value is -4.29. The smallest absolute Gasteiger partial charge is 0.336 e. The number of carboxylic acids is 1. The number of aromatic nitrogens is 2. The van der Waals surface area contributed by atoms with Crippen molar-refractivity contribution in [2.45, 2.75) is 20.1 Å². The minimum Gasteiger partial charge on any atom is -0.489 e. The van der Waals surface area contributed by atoms with Crippen molar-refractivity contribution in [2.75, 3.05) is 6.61 Å². The van der Waals surface area contributed by atoms with Crippen molar-refractivity contribution in [3.8, 4) is 22.9 Å². The number of carboxylic acid groups (broad SMARTS) is 1. The second-order valence-electron chi connectivity index (χ2n) is 8.49. The number of hydrogen-bond donors (Lipinski definition) is 1. The van der Waals surface area contributed by atoms with E-state index in [9.17, 15) is 9.90 Å². The Morgan fingerprint density at radius 3 is 2.43 bits per heavy atom. The van der Waals surface area contributed by atoms with Gasteiger partial charge in [-0.2, -0.15) is 4.98 Å². The lowest BCUT2D eigenvalue weighted by molar-refractivity contribution is 0.0694. The number of nitrogens with zero attached hydrogens (tertiary/aromatic N) is 2. The molecule has 37 heavy (non-hydrogen) atoms. The summed E-state index contributed by atoms with van der Waals surface area (Å²) >= 11 is 6.72. The molecule has 0 saturated heterocycles. The van der Waals surface area contributed by atoms with Gasteiger partial charge in [-0.3, -0.25) is 4.57 Å². The van der Waals surface area contributed by atoms with Gasteiger partial charge < -0.3 is 14.6 Å². The van der Waals surface area contributed by atoms with Crippen LogP contribution in [0, 0.1) is 0 Å². The summed E-state index contributed by atoms with van der Waals surface area (Å²) in [6, 6.07) is 29.0. The van der Waals surface area contributed by atoms with Gasteiger partial charge >= 0.3 is 5.97 Å². The number of imidazole rings is 1. The predicted octanol–water partition coefficient (Wildman–Crippen LogP) is 7.08. The number of benzene rings is 4. The molecule has 0 fully saturated rings. The molecular weight excluding hydrogens is 488 g/mol. The summed E-state index contributed by atoms with van der Waals surface area (Å²) in [5.41, 5.74) is 5.50. The fourth-order valence-electron chi connectivity index (χ4n) is 4.23. The number of fused-ring (bicyclic) bond motifs is 1. The van der Waals surface area contributed by atoms with Crippen molar-refractivity contribution in [2.24, 2.45) is 0 Å². The molecule has 186 valence electrons. The molecule has 0 radical (unpaired) electrons. The Morgan fingerprint density at radius 2 is 1.68 bits per heavy atom. The number of halogens is 1. The van der Waals surface area contributed by atoms with Crippen LogP contribution in [0.4, 0.5) is 0 Å². The van der Waals surface area contributed by atoms with Crippen LogP contribution in [0.2, 0.25) is 5.02 Å². The van der Waals surface area contributed by atoms with Crippen molar-refractivity contribution < 1.29 is 19.4 Å². The van der Waals surface area contributed by atoms with Crippen LogP contribution in [-0.2, 0) is 13.2 Å². The average Bonchev–Trinajstić information content (AvgIpc) is 3.25. The number of carbonyl (C=O) groups is 1. The molecule has 5 rings (SSSR count). The van der Waals surface area contributed by atoms with Gasteiger partial charge in [0.1, 0.15) is 12.4 Å². The van der Waals surface area contributed by atoms with Crippen molar-refractivity contribution >= 4 is 28.6 Å². The third-order valence-electron chi connectivity index (χ3n) is 6.09. The topological polar surface area (TPSA) is 73.6 Å². The molecule has 6 nitrogen and oxygen atoms in total. The van der Waals surface area contributed by atoms with E-state index in [1.807, 2.05) is 60.0 Å². The summed E-state index contributed by atoms with van der Waals surface area (Å²) in [5, 5.41) is 10.1. The Balaban J connectivity index is 1.45. The standard InChI is InChI=1S/C30H25ClN2O4/c1-2-36-30-32-27-15-14-24(37-19-23-10-6-7-11-25(23)29(34)35)17-28(27)33(30)18-22-13-12-21(16-26(22)31)20-8-4-3-5-9-20/h3-17H,2,18-19H2,1H3,(H,34,35). The fraction of sp³-hybridized carbons (Fsp3) is 0.133. The van der Waals surface area contributed by atoms with Gasteiger partial charge in [0.25, 0.3) is 6.01 Å². The molecule has 0 aliphatic heterocycles. The lowest BCUT2D eigenvalue weighted by Gasteiger charge is -2.13. The second kappa shape index (κ2) is 10.8. The third-order valence-corrected chi connectivity index (χ3v) is 6.44. The second-order valence-corrected chi connectivity index (χ2v) is 8.89. The summed E-state index contributed by atoms with van der Waals surface area (Å²) in [6.07, 6.45) is 0. The maximum atomic E-state index is 11.5. The van der Waals surface area contributed by atoms with Crippen LogP contribution in [0.1, 0.15) is 28.4 Å². The lowest BCUT2D eigenvalue weighted by atomic mass is 10.0. The summed E-state index contributed by atoms with van der Waals surface area (Å²) in [5.74, 6) is -0.383. The molecule has 0 aliphatic rings. The summed E-state index contributed by atoms with van der Waals surface area (Å²) in [4.78, 5) is 16.2. The zero-order valence-corrected chi connectivity index (χ0v) is 21.0. The Morgan fingerprint density at radius 1 is 0.892 bits per heavy atom. The molecular formula is C30H25ClN2O4. The van der Waals surface area contributed by atoms with Crippen LogP contribution in [0.25, 0.3) is 22.2 Å². The predicted molar refractivity (Wildman–Crippen MR) is 145 cm³/mol. The molecule has 0 atom stereocenters. The van der Waals surface area contributed by atoms with Gasteiger partial charge in [-0.25, -0.2) is 4.79 Å². The molecule has 1 heterocycles.